The van der Waals surface area contributed by atoms with Gasteiger partial charge in [-0.3, -0.25) is 9.69 Å². The highest BCUT2D eigenvalue weighted by Gasteiger charge is 2.28. The van der Waals surface area contributed by atoms with Crippen LogP contribution in [0.3, 0.4) is 0 Å². The molecule has 1 aliphatic heterocycles. The first kappa shape index (κ1) is 25.9. The molecule has 0 unspecified atom stereocenters. The molecule has 4 aromatic rings. The first-order valence-electron chi connectivity index (χ1n) is 12.8. The number of hydrogen-bond acceptors (Lipinski definition) is 5. The van der Waals surface area contributed by atoms with Gasteiger partial charge < -0.3 is 10.1 Å². The quantitative estimate of drug-likeness (QED) is 0.330. The molecule has 0 aromatic heterocycles. The number of nitrogens with one attached hydrogen (secondary N) is 1. The molecule has 0 atom stereocenters. The van der Waals surface area contributed by atoms with Crippen molar-refractivity contribution in [2.24, 2.45) is 0 Å². The van der Waals surface area contributed by atoms with Crippen LogP contribution >= 0.6 is 0 Å². The number of carbonyl (C=O) groups excluding carboxylic acids is 1. The standard InChI is InChI=1S/C30H31N3O4S/c34-30(31-16-21-37-28-15-14-25-6-4-5-7-27(25)22-28)26-12-10-24(11-13-26)23-32-17-19-33(20-18-32)38(35,36)29-8-2-1-3-9-29/h1-15,22H,16-21,23H2,(H,31,34). The Kier molecular flexibility index (Phi) is 8.03. The van der Waals surface area contributed by atoms with Crippen molar-refractivity contribution in [3.8, 4) is 5.75 Å². The SMILES string of the molecule is O=C(NCCOc1ccc2ccccc2c1)c1ccc(CN2CCN(S(=O)(=O)c3ccccc3)CC2)cc1. The molecule has 7 nitrogen and oxygen atoms in total. The van der Waals surface area contributed by atoms with Crippen molar-refractivity contribution < 1.29 is 17.9 Å². The molecular formula is C30H31N3O4S. The highest BCUT2D eigenvalue weighted by Crippen LogP contribution is 2.21. The van der Waals surface area contributed by atoms with Gasteiger partial charge in [-0.2, -0.15) is 4.31 Å². The van der Waals surface area contributed by atoms with Gasteiger partial charge in [-0.25, -0.2) is 8.42 Å². The van der Waals surface area contributed by atoms with E-state index < -0.39 is 10.0 Å². The van der Waals surface area contributed by atoms with Crippen LogP contribution in [0.2, 0.25) is 0 Å². The average Bonchev–Trinajstić information content (AvgIpc) is 2.96. The van der Waals surface area contributed by atoms with E-state index in [9.17, 15) is 13.2 Å². The van der Waals surface area contributed by atoms with E-state index in [4.69, 9.17) is 4.74 Å². The maximum Gasteiger partial charge on any atom is 0.251 e. The van der Waals surface area contributed by atoms with Crippen LogP contribution in [0.25, 0.3) is 10.8 Å². The number of benzene rings is 4. The summed E-state index contributed by atoms with van der Waals surface area (Å²) in [7, 11) is -3.45. The Hall–Kier alpha value is -3.72. The van der Waals surface area contributed by atoms with Gasteiger partial charge in [0.25, 0.3) is 5.91 Å². The zero-order valence-corrected chi connectivity index (χ0v) is 21.9. The Labute approximate surface area is 223 Å². The molecule has 4 aromatic carbocycles. The predicted octanol–water partition coefficient (Wildman–Crippen LogP) is 4.16. The van der Waals surface area contributed by atoms with Crippen molar-refractivity contribution in [2.75, 3.05) is 39.3 Å². The summed E-state index contributed by atoms with van der Waals surface area (Å²) >= 11 is 0. The van der Waals surface area contributed by atoms with E-state index in [-0.39, 0.29) is 5.91 Å². The molecule has 0 bridgehead atoms. The summed E-state index contributed by atoms with van der Waals surface area (Å²) in [4.78, 5) is 15.1. The van der Waals surface area contributed by atoms with Gasteiger partial charge in [-0.05, 0) is 52.7 Å². The molecule has 1 aliphatic rings. The number of ether oxygens (including phenoxy) is 1. The van der Waals surface area contributed by atoms with E-state index in [0.29, 0.717) is 56.3 Å². The zero-order chi connectivity index (χ0) is 26.4. The van der Waals surface area contributed by atoms with Crippen molar-refractivity contribution in [2.45, 2.75) is 11.4 Å². The van der Waals surface area contributed by atoms with Crippen LogP contribution in [-0.4, -0.2) is 62.9 Å². The van der Waals surface area contributed by atoms with Gasteiger partial charge in [0, 0.05) is 38.3 Å². The van der Waals surface area contributed by atoms with Gasteiger partial charge in [0.15, 0.2) is 0 Å². The lowest BCUT2D eigenvalue weighted by atomic mass is 10.1. The topological polar surface area (TPSA) is 79.0 Å². The van der Waals surface area contributed by atoms with Gasteiger partial charge in [0.2, 0.25) is 10.0 Å². The molecule has 1 heterocycles. The third-order valence-corrected chi connectivity index (χ3v) is 8.62. The normalized spacial score (nSPS) is 14.8. The highest BCUT2D eigenvalue weighted by molar-refractivity contribution is 7.89. The summed E-state index contributed by atoms with van der Waals surface area (Å²) in [6.07, 6.45) is 0. The van der Waals surface area contributed by atoms with Gasteiger partial charge in [-0.1, -0.05) is 60.7 Å². The number of rotatable bonds is 9. The van der Waals surface area contributed by atoms with E-state index in [1.54, 1.807) is 28.6 Å². The van der Waals surface area contributed by atoms with Crippen LogP contribution in [0.1, 0.15) is 15.9 Å². The maximum absolute atomic E-state index is 12.8. The Balaban J connectivity index is 1.06. The molecule has 1 N–H and O–H groups in total. The van der Waals surface area contributed by atoms with Crippen molar-refractivity contribution >= 4 is 26.7 Å². The Bertz CT molecular complexity index is 1480. The Morgan fingerprint density at radius 1 is 0.789 bits per heavy atom. The summed E-state index contributed by atoms with van der Waals surface area (Å²) in [6.45, 7) is 3.73. The van der Waals surface area contributed by atoms with Gasteiger partial charge in [0.05, 0.1) is 11.4 Å². The fourth-order valence-corrected chi connectivity index (χ4v) is 6.03. The number of piperazine rings is 1. The van der Waals surface area contributed by atoms with E-state index in [1.165, 1.54) is 0 Å². The van der Waals surface area contributed by atoms with Crippen LogP contribution in [0.15, 0.2) is 102 Å². The van der Waals surface area contributed by atoms with Gasteiger partial charge in [0.1, 0.15) is 12.4 Å². The summed E-state index contributed by atoms with van der Waals surface area (Å²) in [6, 6.07) is 30.2. The molecule has 0 spiro atoms. The van der Waals surface area contributed by atoms with Crippen molar-refractivity contribution in [3.05, 3.63) is 108 Å². The van der Waals surface area contributed by atoms with E-state index in [2.05, 4.69) is 16.3 Å². The number of amides is 1. The summed E-state index contributed by atoms with van der Waals surface area (Å²) in [5.41, 5.74) is 1.68. The minimum absolute atomic E-state index is 0.140. The second-order valence-corrected chi connectivity index (χ2v) is 11.2. The minimum Gasteiger partial charge on any atom is -0.492 e. The molecule has 1 fully saturated rings. The van der Waals surface area contributed by atoms with E-state index >= 15 is 0 Å². The van der Waals surface area contributed by atoms with Gasteiger partial charge in [-0.15, -0.1) is 0 Å². The molecule has 8 heteroatoms. The monoisotopic (exact) mass is 529 g/mol. The third-order valence-electron chi connectivity index (χ3n) is 6.71. The average molecular weight is 530 g/mol. The molecule has 0 saturated carbocycles. The molecule has 38 heavy (non-hydrogen) atoms. The minimum atomic E-state index is -3.45. The highest BCUT2D eigenvalue weighted by atomic mass is 32.2. The maximum atomic E-state index is 12.8. The third kappa shape index (κ3) is 6.22. The number of hydrogen-bond donors (Lipinski definition) is 1. The molecule has 1 amide bonds. The lowest BCUT2D eigenvalue weighted by Gasteiger charge is -2.34. The molecule has 0 radical (unpaired) electrons. The van der Waals surface area contributed by atoms with Crippen LogP contribution in [0.5, 0.6) is 5.75 Å². The summed E-state index contributed by atoms with van der Waals surface area (Å²) in [5.74, 6) is 0.638. The second-order valence-electron chi connectivity index (χ2n) is 9.30. The second kappa shape index (κ2) is 11.8. The number of sulfonamides is 1. The van der Waals surface area contributed by atoms with Crippen molar-refractivity contribution in [1.82, 2.24) is 14.5 Å². The first-order valence-corrected chi connectivity index (χ1v) is 14.2. The van der Waals surface area contributed by atoms with E-state index in [1.807, 2.05) is 66.7 Å². The van der Waals surface area contributed by atoms with Crippen LogP contribution in [0.4, 0.5) is 0 Å². The fourth-order valence-electron chi connectivity index (χ4n) is 4.58. The summed E-state index contributed by atoms with van der Waals surface area (Å²) < 4.78 is 33.0. The molecule has 5 rings (SSSR count). The van der Waals surface area contributed by atoms with Gasteiger partial charge >= 0.3 is 0 Å². The molecule has 1 saturated heterocycles. The molecular weight excluding hydrogens is 498 g/mol. The number of carbonyl (C=O) groups is 1. The number of nitrogens with zero attached hydrogens (tertiary/aromatic N) is 2. The van der Waals surface area contributed by atoms with Crippen LogP contribution in [0, 0.1) is 0 Å². The Morgan fingerprint density at radius 3 is 2.21 bits per heavy atom. The first-order chi connectivity index (χ1) is 18.5. The van der Waals surface area contributed by atoms with Crippen LogP contribution in [-0.2, 0) is 16.6 Å². The van der Waals surface area contributed by atoms with Crippen LogP contribution < -0.4 is 10.1 Å². The lowest BCUT2D eigenvalue weighted by molar-refractivity contribution is 0.0947. The Morgan fingerprint density at radius 2 is 1.47 bits per heavy atom. The summed E-state index contributed by atoms with van der Waals surface area (Å²) in [5, 5.41) is 5.18. The molecule has 196 valence electrons. The predicted molar refractivity (Wildman–Crippen MR) is 149 cm³/mol. The molecule has 0 aliphatic carbocycles. The van der Waals surface area contributed by atoms with Crippen molar-refractivity contribution in [1.29, 1.82) is 0 Å². The lowest BCUT2D eigenvalue weighted by Crippen LogP contribution is -2.48. The van der Waals surface area contributed by atoms with Crippen molar-refractivity contribution in [3.63, 3.8) is 0 Å². The number of fused-ring (bicyclic) bond motifs is 1. The smallest absolute Gasteiger partial charge is 0.251 e. The largest absolute Gasteiger partial charge is 0.492 e. The van der Waals surface area contributed by atoms with E-state index in [0.717, 1.165) is 22.1 Å². The fraction of sp³-hybridized carbons (Fsp3) is 0.233. The zero-order valence-electron chi connectivity index (χ0n) is 21.1.